The van der Waals surface area contributed by atoms with Crippen molar-refractivity contribution in [3.8, 4) is 0 Å². The Bertz CT molecular complexity index is 903. The largest absolute Gasteiger partial charge is 0.468 e. The van der Waals surface area contributed by atoms with Gasteiger partial charge in [0.1, 0.15) is 49.1 Å². The Morgan fingerprint density at radius 1 is 1.10 bits per heavy atom. The van der Waals surface area contributed by atoms with E-state index in [4.69, 9.17) is 15.2 Å². The quantitative estimate of drug-likeness (QED) is 0.0919. The van der Waals surface area contributed by atoms with Gasteiger partial charge >= 0.3 is 5.97 Å². The van der Waals surface area contributed by atoms with Crippen LogP contribution in [0.3, 0.4) is 0 Å². The Kier molecular flexibility index (Phi) is 13.7. The second-order valence-electron chi connectivity index (χ2n) is 8.79. The van der Waals surface area contributed by atoms with Gasteiger partial charge in [0, 0.05) is 13.3 Å². The summed E-state index contributed by atoms with van der Waals surface area (Å²) in [5.74, 6) is -4.42. The first-order valence-corrected chi connectivity index (χ1v) is 12.0. The van der Waals surface area contributed by atoms with Gasteiger partial charge in [0.15, 0.2) is 6.29 Å². The highest BCUT2D eigenvalue weighted by Crippen LogP contribution is 2.23. The van der Waals surface area contributed by atoms with Gasteiger partial charge in [0.2, 0.25) is 29.5 Å². The minimum atomic E-state index is -1.66. The van der Waals surface area contributed by atoms with Crippen molar-refractivity contribution >= 4 is 35.5 Å². The van der Waals surface area contributed by atoms with Crippen LogP contribution in [0.4, 0.5) is 0 Å². The number of methoxy groups -OCH3 is 1. The normalized spacial score (nSPS) is 24.8. The molecule has 39 heavy (non-hydrogen) atoms. The van der Waals surface area contributed by atoms with Crippen LogP contribution in [0, 0.1) is 0 Å². The molecule has 1 aliphatic rings. The summed E-state index contributed by atoms with van der Waals surface area (Å²) in [4.78, 5) is 71.4. The van der Waals surface area contributed by atoms with Gasteiger partial charge in [-0.1, -0.05) is 0 Å². The SMILES string of the molecule is CO[14C](=O)CNC(=O)CCC(NC(=O)[C@H](C)NC(=O)[C@@H](C)O[C@H]1[C@H](O)[C@@H](CO)O[C@@H](O)[C@@H]1NC(C)=O)C(N)=O. The smallest absolute Gasteiger partial charge is 0.325 e. The van der Waals surface area contributed by atoms with Gasteiger partial charge in [0.05, 0.1) is 13.7 Å². The zero-order chi connectivity index (χ0) is 29.9. The number of esters is 1. The predicted octanol–water partition coefficient (Wildman–Crippen LogP) is -5.12. The summed E-state index contributed by atoms with van der Waals surface area (Å²) in [6.45, 7) is 2.68. The van der Waals surface area contributed by atoms with Crippen LogP contribution < -0.4 is 27.0 Å². The molecule has 222 valence electrons. The number of rotatable bonds is 14. The number of carbonyl (C=O) groups excluding carboxylic acids is 6. The fourth-order valence-corrected chi connectivity index (χ4v) is 3.52. The molecule has 1 aliphatic heterocycles. The average molecular weight is 566 g/mol. The van der Waals surface area contributed by atoms with E-state index in [1.54, 1.807) is 0 Å². The third-order valence-corrected chi connectivity index (χ3v) is 5.70. The van der Waals surface area contributed by atoms with Gasteiger partial charge in [-0.2, -0.15) is 0 Å². The standard InChI is InChI=1S/C22H37N5O12/c1-9(20(34)27-12(19(23)33)5-6-14(30)24-7-15(31)37-4)25-21(35)10(2)38-18-16(26-11(3)29)22(36)39-13(8-28)17(18)32/h9-10,12-13,16-18,22,28,32,36H,5-8H2,1-4H3,(H2,23,33)(H,24,30)(H,25,35)(H,26,29)(H,27,34)/t9-,10+,12?,13+,16+,17+,18+,22+/m0/s1/i15+2. The molecule has 0 bridgehead atoms. The number of nitrogens with two attached hydrogens (primary N) is 1. The van der Waals surface area contributed by atoms with E-state index in [0.29, 0.717) is 0 Å². The van der Waals surface area contributed by atoms with Gasteiger partial charge in [-0.25, -0.2) is 0 Å². The van der Waals surface area contributed by atoms with E-state index in [0.717, 1.165) is 14.0 Å². The van der Waals surface area contributed by atoms with Crippen LogP contribution in [0.5, 0.6) is 0 Å². The monoisotopic (exact) mass is 565 g/mol. The highest BCUT2D eigenvalue weighted by Gasteiger charge is 2.47. The summed E-state index contributed by atoms with van der Waals surface area (Å²) in [7, 11) is 1.15. The molecular formula is C22H37N5O12. The molecule has 1 unspecified atom stereocenters. The molecule has 9 N–H and O–H groups in total. The zero-order valence-electron chi connectivity index (χ0n) is 22.0. The number of hydrogen-bond acceptors (Lipinski definition) is 12. The van der Waals surface area contributed by atoms with Crippen molar-refractivity contribution in [1.82, 2.24) is 21.3 Å². The molecule has 1 heterocycles. The van der Waals surface area contributed by atoms with Crippen molar-refractivity contribution in [3.63, 3.8) is 0 Å². The zero-order valence-corrected chi connectivity index (χ0v) is 22.0. The Balaban J connectivity index is 2.73. The lowest BCUT2D eigenvalue weighted by atomic mass is 9.96. The van der Waals surface area contributed by atoms with Crippen LogP contribution in [0.15, 0.2) is 0 Å². The van der Waals surface area contributed by atoms with Crippen molar-refractivity contribution < 1.29 is 58.3 Å². The van der Waals surface area contributed by atoms with E-state index in [1.807, 2.05) is 0 Å². The first kappa shape index (κ1) is 33.6. The lowest BCUT2D eigenvalue weighted by molar-refractivity contribution is -0.266. The van der Waals surface area contributed by atoms with E-state index in [1.165, 1.54) is 13.8 Å². The number of aliphatic hydroxyl groups excluding tert-OH is 3. The first-order chi connectivity index (χ1) is 18.2. The van der Waals surface area contributed by atoms with Crippen molar-refractivity contribution in [2.75, 3.05) is 20.3 Å². The van der Waals surface area contributed by atoms with E-state index < -0.39 is 90.9 Å². The van der Waals surface area contributed by atoms with Gasteiger partial charge in [-0.3, -0.25) is 28.8 Å². The van der Waals surface area contributed by atoms with Crippen molar-refractivity contribution in [3.05, 3.63) is 0 Å². The fraction of sp³-hybridized carbons (Fsp3) is 0.727. The van der Waals surface area contributed by atoms with Crippen molar-refractivity contribution in [1.29, 1.82) is 0 Å². The molecule has 1 fully saturated rings. The number of nitrogens with one attached hydrogen (secondary N) is 4. The molecule has 17 nitrogen and oxygen atoms in total. The lowest BCUT2D eigenvalue weighted by Gasteiger charge is -2.43. The summed E-state index contributed by atoms with van der Waals surface area (Å²) < 4.78 is 15.0. The van der Waals surface area contributed by atoms with Crippen LogP contribution in [0.2, 0.25) is 0 Å². The van der Waals surface area contributed by atoms with Crippen LogP contribution in [0.1, 0.15) is 33.6 Å². The molecule has 0 saturated carbocycles. The van der Waals surface area contributed by atoms with Crippen molar-refractivity contribution in [2.45, 2.75) is 82.4 Å². The number of aliphatic hydroxyl groups is 3. The van der Waals surface area contributed by atoms with Gasteiger partial charge in [-0.15, -0.1) is 0 Å². The number of hydrogen-bond donors (Lipinski definition) is 8. The summed E-state index contributed by atoms with van der Waals surface area (Å²) >= 11 is 0. The minimum Gasteiger partial charge on any atom is -0.468 e. The molecule has 1 rings (SSSR count). The number of primary amides is 1. The maximum Gasteiger partial charge on any atom is 0.325 e. The average Bonchev–Trinajstić information content (AvgIpc) is 2.87. The van der Waals surface area contributed by atoms with E-state index >= 15 is 0 Å². The molecule has 0 spiro atoms. The highest BCUT2D eigenvalue weighted by molar-refractivity contribution is 5.92. The predicted molar refractivity (Wildman–Crippen MR) is 129 cm³/mol. The topological polar surface area (TPSA) is 265 Å². The van der Waals surface area contributed by atoms with Crippen LogP contribution >= 0.6 is 0 Å². The minimum absolute atomic E-state index is 0.186. The Morgan fingerprint density at radius 2 is 1.74 bits per heavy atom. The molecule has 0 radical (unpaired) electrons. The van der Waals surface area contributed by atoms with Gasteiger partial charge < -0.3 is 56.5 Å². The molecule has 0 aromatic carbocycles. The Morgan fingerprint density at radius 3 is 2.28 bits per heavy atom. The van der Waals surface area contributed by atoms with E-state index in [2.05, 4.69) is 26.0 Å². The summed E-state index contributed by atoms with van der Waals surface area (Å²) in [6, 6.07) is -3.75. The van der Waals surface area contributed by atoms with E-state index in [9.17, 15) is 44.1 Å². The maximum atomic E-state index is 12.7. The molecule has 8 atom stereocenters. The fourth-order valence-electron chi connectivity index (χ4n) is 3.52. The molecule has 1 saturated heterocycles. The van der Waals surface area contributed by atoms with Crippen LogP contribution in [0.25, 0.3) is 0 Å². The second kappa shape index (κ2) is 15.9. The number of amides is 5. The van der Waals surface area contributed by atoms with Crippen LogP contribution in [-0.2, 0) is 43.0 Å². The van der Waals surface area contributed by atoms with Crippen molar-refractivity contribution in [2.24, 2.45) is 5.73 Å². The molecule has 17 heteroatoms. The summed E-state index contributed by atoms with van der Waals surface area (Å²) in [5, 5.41) is 39.4. The summed E-state index contributed by atoms with van der Waals surface area (Å²) in [5.41, 5.74) is 5.29. The second-order valence-corrected chi connectivity index (χ2v) is 8.79. The number of carbonyl (C=O) groups is 6. The Hall–Kier alpha value is -3.38. The molecule has 0 aromatic rings. The first-order valence-electron chi connectivity index (χ1n) is 12.0. The van der Waals surface area contributed by atoms with E-state index in [-0.39, 0.29) is 19.4 Å². The lowest BCUT2D eigenvalue weighted by Crippen LogP contribution is -2.65. The maximum absolute atomic E-state index is 12.7. The summed E-state index contributed by atoms with van der Waals surface area (Å²) in [6.07, 6.45) is -7.59. The molecule has 0 aromatic heterocycles. The third-order valence-electron chi connectivity index (χ3n) is 5.70. The molecule has 0 aliphatic carbocycles. The van der Waals surface area contributed by atoms with Gasteiger partial charge in [0.25, 0.3) is 0 Å². The van der Waals surface area contributed by atoms with Crippen LogP contribution in [-0.4, -0.2) is 120 Å². The highest BCUT2D eigenvalue weighted by atomic mass is 16.8. The third kappa shape index (κ3) is 10.7. The Labute approximate surface area is 224 Å². The van der Waals surface area contributed by atoms with Gasteiger partial charge in [-0.05, 0) is 20.3 Å². The molecule has 5 amide bonds. The number of ether oxygens (including phenoxy) is 3. The molecular weight excluding hydrogens is 528 g/mol.